The Morgan fingerprint density at radius 3 is 2.70 bits per heavy atom. The van der Waals surface area contributed by atoms with E-state index in [0.29, 0.717) is 22.9 Å². The van der Waals surface area contributed by atoms with Crippen molar-refractivity contribution in [1.29, 1.82) is 5.26 Å². The number of nitrogens with zero attached hydrogens (tertiary/aromatic N) is 5. The molecule has 4 fully saturated rings. The summed E-state index contributed by atoms with van der Waals surface area (Å²) in [7, 11) is 0. The van der Waals surface area contributed by atoms with Crippen LogP contribution >= 0.6 is 0 Å². The average Bonchev–Trinajstić information content (AvgIpc) is 3.20. The Morgan fingerprint density at radius 2 is 1.97 bits per heavy atom. The lowest BCUT2D eigenvalue weighted by Gasteiger charge is -2.56. The summed E-state index contributed by atoms with van der Waals surface area (Å²) in [6.45, 7) is 6.85. The number of benzene rings is 1. The van der Waals surface area contributed by atoms with E-state index in [9.17, 15) is 0 Å². The lowest BCUT2D eigenvalue weighted by Crippen LogP contribution is -2.66. The maximum atomic E-state index is 9.16. The number of nitriles is 1. The Bertz CT molecular complexity index is 988. The van der Waals surface area contributed by atoms with Crippen LogP contribution in [0.3, 0.4) is 0 Å². The molecule has 0 amide bonds. The molecule has 6 rings (SSSR count). The minimum absolute atomic E-state index is 0.331. The summed E-state index contributed by atoms with van der Waals surface area (Å²) >= 11 is 0. The molecule has 4 aliphatic heterocycles. The Morgan fingerprint density at radius 1 is 1.13 bits per heavy atom. The summed E-state index contributed by atoms with van der Waals surface area (Å²) < 4.78 is 5.44. The van der Waals surface area contributed by atoms with Gasteiger partial charge in [0.1, 0.15) is 0 Å². The second kappa shape index (κ2) is 6.93. The molecule has 1 N–H and O–H groups in total. The van der Waals surface area contributed by atoms with Gasteiger partial charge in [0.05, 0.1) is 47.8 Å². The molecular weight excluding hydrogens is 376 g/mol. The Hall–Kier alpha value is -2.69. The topological polar surface area (TPSA) is 77.3 Å². The number of ether oxygens (including phenoxy) is 1. The maximum Gasteiger partial charge on any atom is 0.226 e. The molecule has 5 heterocycles. The van der Waals surface area contributed by atoms with Crippen LogP contribution in [0.4, 0.5) is 11.6 Å². The minimum atomic E-state index is 0.331. The standard InChI is InChI=1S/C23H26N6O/c24-9-16-1-3-17(4-2-16)21-20(29-12-23(13-29)14-30-15-23)10-26-22(27-21)28-8-6-19-18(11-28)5-7-25-19/h1-4,10,18-19,25H,5-8,11-15H2. The molecule has 0 aliphatic carbocycles. The van der Waals surface area contributed by atoms with Crippen LogP contribution < -0.4 is 15.1 Å². The Balaban J connectivity index is 1.33. The van der Waals surface area contributed by atoms with Crippen LogP contribution in [0.2, 0.25) is 0 Å². The third-order valence-corrected chi connectivity index (χ3v) is 7.19. The fraction of sp³-hybridized carbons (Fsp3) is 0.522. The smallest absolute Gasteiger partial charge is 0.226 e. The SMILES string of the molecule is N#Cc1ccc(-c2nc(N3CCC4NCCC4C3)ncc2N2CC3(COC3)C2)cc1. The summed E-state index contributed by atoms with van der Waals surface area (Å²) in [5.41, 5.74) is 4.08. The fourth-order valence-electron chi connectivity index (χ4n) is 5.40. The van der Waals surface area contributed by atoms with Gasteiger partial charge in [0, 0.05) is 37.8 Å². The number of hydrogen-bond donors (Lipinski definition) is 1. The van der Waals surface area contributed by atoms with Gasteiger partial charge in [-0.2, -0.15) is 5.26 Å². The first kappa shape index (κ1) is 18.1. The number of fused-ring (bicyclic) bond motifs is 1. The second-order valence-electron chi connectivity index (χ2n) is 9.29. The lowest BCUT2D eigenvalue weighted by molar-refractivity contribution is -0.127. The van der Waals surface area contributed by atoms with Crippen molar-refractivity contribution < 1.29 is 4.74 Å². The molecule has 1 aromatic heterocycles. The van der Waals surface area contributed by atoms with Crippen LogP contribution in [0.15, 0.2) is 30.5 Å². The molecule has 0 radical (unpaired) electrons. The number of nitrogens with one attached hydrogen (secondary N) is 1. The number of anilines is 2. The summed E-state index contributed by atoms with van der Waals surface area (Å²) in [6.07, 6.45) is 4.39. The first-order valence-corrected chi connectivity index (χ1v) is 10.9. The van der Waals surface area contributed by atoms with Gasteiger partial charge in [-0.05, 0) is 37.4 Å². The zero-order valence-electron chi connectivity index (χ0n) is 17.0. The molecule has 30 heavy (non-hydrogen) atoms. The van der Waals surface area contributed by atoms with Gasteiger partial charge in [-0.3, -0.25) is 0 Å². The van der Waals surface area contributed by atoms with Crippen LogP contribution in [-0.4, -0.2) is 61.9 Å². The van der Waals surface area contributed by atoms with E-state index in [0.717, 1.165) is 75.3 Å². The van der Waals surface area contributed by atoms with Gasteiger partial charge >= 0.3 is 0 Å². The van der Waals surface area contributed by atoms with E-state index in [-0.39, 0.29) is 0 Å². The normalized spacial score (nSPS) is 26.6. The molecule has 7 nitrogen and oxygen atoms in total. The fourth-order valence-corrected chi connectivity index (χ4v) is 5.40. The average molecular weight is 403 g/mol. The van der Waals surface area contributed by atoms with E-state index in [4.69, 9.17) is 20.0 Å². The van der Waals surface area contributed by atoms with E-state index >= 15 is 0 Å². The molecule has 2 atom stereocenters. The highest BCUT2D eigenvalue weighted by molar-refractivity contribution is 5.77. The van der Waals surface area contributed by atoms with Gasteiger partial charge < -0.3 is 19.9 Å². The highest BCUT2D eigenvalue weighted by Crippen LogP contribution is 2.43. The van der Waals surface area contributed by atoms with Crippen molar-refractivity contribution in [3.8, 4) is 17.3 Å². The highest BCUT2D eigenvalue weighted by Gasteiger charge is 2.49. The zero-order chi connectivity index (χ0) is 20.1. The van der Waals surface area contributed by atoms with E-state index in [1.54, 1.807) is 0 Å². The number of rotatable bonds is 3. The minimum Gasteiger partial charge on any atom is -0.380 e. The largest absolute Gasteiger partial charge is 0.380 e. The van der Waals surface area contributed by atoms with Gasteiger partial charge in [0.2, 0.25) is 5.95 Å². The van der Waals surface area contributed by atoms with Gasteiger partial charge in [-0.15, -0.1) is 0 Å². The molecule has 7 heteroatoms. The molecule has 4 aliphatic rings. The molecule has 4 saturated heterocycles. The molecular formula is C23H26N6O. The van der Waals surface area contributed by atoms with E-state index in [1.165, 1.54) is 6.42 Å². The Labute approximate surface area is 176 Å². The Kier molecular flexibility index (Phi) is 4.18. The third-order valence-electron chi connectivity index (χ3n) is 7.19. The second-order valence-corrected chi connectivity index (χ2v) is 9.29. The highest BCUT2D eigenvalue weighted by atomic mass is 16.5. The van der Waals surface area contributed by atoms with Crippen molar-refractivity contribution >= 4 is 11.6 Å². The maximum absolute atomic E-state index is 9.16. The quantitative estimate of drug-likeness (QED) is 0.842. The monoisotopic (exact) mass is 402 g/mol. The lowest BCUT2D eigenvalue weighted by atomic mass is 9.77. The van der Waals surface area contributed by atoms with E-state index < -0.39 is 0 Å². The van der Waals surface area contributed by atoms with Crippen molar-refractivity contribution in [3.05, 3.63) is 36.0 Å². The first-order chi connectivity index (χ1) is 14.7. The predicted octanol–water partition coefficient (Wildman–Crippen LogP) is 2.04. The number of aromatic nitrogens is 2. The molecule has 1 spiro atoms. The van der Waals surface area contributed by atoms with Crippen molar-refractivity contribution in [1.82, 2.24) is 15.3 Å². The third kappa shape index (κ3) is 2.94. The first-order valence-electron chi connectivity index (χ1n) is 10.9. The summed E-state index contributed by atoms with van der Waals surface area (Å²) in [5.74, 6) is 1.51. The van der Waals surface area contributed by atoms with Crippen LogP contribution in [0.5, 0.6) is 0 Å². The van der Waals surface area contributed by atoms with Gasteiger partial charge in [-0.25, -0.2) is 9.97 Å². The molecule has 1 aromatic carbocycles. The molecule has 2 aromatic rings. The van der Waals surface area contributed by atoms with Crippen LogP contribution in [0, 0.1) is 22.7 Å². The van der Waals surface area contributed by atoms with E-state index in [2.05, 4.69) is 21.2 Å². The van der Waals surface area contributed by atoms with Gasteiger partial charge in [0.15, 0.2) is 0 Å². The van der Waals surface area contributed by atoms with Crippen LogP contribution in [-0.2, 0) is 4.74 Å². The van der Waals surface area contributed by atoms with Gasteiger partial charge in [0.25, 0.3) is 0 Å². The summed E-state index contributed by atoms with van der Waals surface area (Å²) in [5, 5.41) is 12.8. The molecule has 0 bridgehead atoms. The zero-order valence-corrected chi connectivity index (χ0v) is 17.0. The summed E-state index contributed by atoms with van der Waals surface area (Å²) in [4.78, 5) is 14.6. The molecule has 2 unspecified atom stereocenters. The van der Waals surface area contributed by atoms with Gasteiger partial charge in [-0.1, -0.05) is 12.1 Å². The number of hydrogen-bond acceptors (Lipinski definition) is 7. The predicted molar refractivity (Wildman–Crippen MR) is 114 cm³/mol. The summed E-state index contributed by atoms with van der Waals surface area (Å²) in [6, 6.07) is 10.6. The molecule has 0 saturated carbocycles. The van der Waals surface area contributed by atoms with Crippen molar-refractivity contribution in [2.75, 3.05) is 55.7 Å². The van der Waals surface area contributed by atoms with E-state index in [1.807, 2.05) is 30.5 Å². The van der Waals surface area contributed by atoms with Crippen LogP contribution in [0.25, 0.3) is 11.3 Å². The molecule has 154 valence electrons. The van der Waals surface area contributed by atoms with Crippen LogP contribution in [0.1, 0.15) is 18.4 Å². The van der Waals surface area contributed by atoms with Crippen molar-refractivity contribution in [2.24, 2.45) is 11.3 Å². The number of piperidine rings is 1. The van der Waals surface area contributed by atoms with Crippen molar-refractivity contribution in [3.63, 3.8) is 0 Å². The van der Waals surface area contributed by atoms with Crippen molar-refractivity contribution in [2.45, 2.75) is 18.9 Å².